The van der Waals surface area contributed by atoms with Gasteiger partial charge in [0.15, 0.2) is 0 Å². The van der Waals surface area contributed by atoms with Crippen LogP contribution in [-0.4, -0.2) is 12.5 Å². The van der Waals surface area contributed by atoms with E-state index < -0.39 is 11.8 Å². The van der Waals surface area contributed by atoms with Crippen molar-refractivity contribution in [3.8, 4) is 0 Å². The number of hydrogen-bond acceptors (Lipinski definition) is 1. The van der Waals surface area contributed by atoms with E-state index in [9.17, 15) is 8.78 Å². The first-order valence-electron chi connectivity index (χ1n) is 4.81. The minimum absolute atomic E-state index is 0.00411. The summed E-state index contributed by atoms with van der Waals surface area (Å²) in [5, 5.41) is 0. The molecule has 0 spiro atoms. The molecule has 0 aromatic heterocycles. The number of halogens is 2. The highest BCUT2D eigenvalue weighted by Crippen LogP contribution is 2.53. The van der Waals surface area contributed by atoms with Gasteiger partial charge in [-0.3, -0.25) is 0 Å². The normalized spacial score (nSPS) is 22.8. The van der Waals surface area contributed by atoms with Crippen molar-refractivity contribution >= 4 is 0 Å². The molecular formula is C12H12F2O. The lowest BCUT2D eigenvalue weighted by molar-refractivity contribution is 0.0508. The third-order valence-electron chi connectivity index (χ3n) is 2.60. The zero-order valence-electron chi connectivity index (χ0n) is 8.25. The summed E-state index contributed by atoms with van der Waals surface area (Å²) in [5.74, 6) is -3.47. The van der Waals surface area contributed by atoms with Gasteiger partial charge in [-0.25, -0.2) is 8.78 Å². The van der Waals surface area contributed by atoms with Crippen molar-refractivity contribution in [3.63, 3.8) is 0 Å². The number of ether oxygens (including phenoxy) is 1. The Bertz CT molecular complexity index is 359. The van der Waals surface area contributed by atoms with Gasteiger partial charge in [0.1, 0.15) is 0 Å². The van der Waals surface area contributed by atoms with Crippen molar-refractivity contribution < 1.29 is 13.5 Å². The van der Waals surface area contributed by atoms with Gasteiger partial charge in [0.2, 0.25) is 0 Å². The Kier molecular flexibility index (Phi) is 2.57. The third kappa shape index (κ3) is 2.07. The van der Waals surface area contributed by atoms with Gasteiger partial charge in [0.25, 0.3) is 5.92 Å². The average Bonchev–Trinajstić information content (AvgIpc) is 2.70. The Balaban J connectivity index is 1.75. The van der Waals surface area contributed by atoms with E-state index in [2.05, 4.69) is 6.58 Å². The van der Waals surface area contributed by atoms with E-state index in [0.29, 0.717) is 6.61 Å². The highest BCUT2D eigenvalue weighted by atomic mass is 19.3. The van der Waals surface area contributed by atoms with Gasteiger partial charge in [-0.15, -0.1) is 0 Å². The van der Waals surface area contributed by atoms with Crippen LogP contribution < -0.4 is 0 Å². The molecule has 1 fully saturated rings. The summed E-state index contributed by atoms with van der Waals surface area (Å²) in [6.07, 6.45) is 0. The van der Waals surface area contributed by atoms with Crippen LogP contribution in [0.4, 0.5) is 8.78 Å². The number of hydrogen-bond donors (Lipinski definition) is 0. The molecule has 15 heavy (non-hydrogen) atoms. The van der Waals surface area contributed by atoms with Gasteiger partial charge in [0.05, 0.1) is 19.1 Å². The molecule has 1 unspecified atom stereocenters. The fourth-order valence-electron chi connectivity index (χ4n) is 1.47. The van der Waals surface area contributed by atoms with E-state index >= 15 is 0 Å². The summed E-state index contributed by atoms with van der Waals surface area (Å²) in [4.78, 5) is 0. The first-order chi connectivity index (χ1) is 7.12. The van der Waals surface area contributed by atoms with Crippen LogP contribution in [0.2, 0.25) is 0 Å². The molecule has 1 aromatic carbocycles. The smallest absolute Gasteiger partial charge is 0.278 e. The highest BCUT2D eigenvalue weighted by molar-refractivity contribution is 5.34. The predicted octanol–water partition coefficient (Wildman–Crippen LogP) is 3.02. The second-order valence-electron chi connectivity index (χ2n) is 3.70. The van der Waals surface area contributed by atoms with E-state index in [1.165, 1.54) is 0 Å². The minimum Gasteiger partial charge on any atom is -0.376 e. The fraction of sp³-hybridized carbons (Fsp3) is 0.333. The van der Waals surface area contributed by atoms with Crippen LogP contribution in [0.5, 0.6) is 0 Å². The maximum absolute atomic E-state index is 12.7. The van der Waals surface area contributed by atoms with Gasteiger partial charge in [-0.1, -0.05) is 36.9 Å². The topological polar surface area (TPSA) is 9.23 Å². The molecule has 3 heteroatoms. The molecule has 0 N–H and O–H groups in total. The third-order valence-corrected chi connectivity index (χ3v) is 2.60. The van der Waals surface area contributed by atoms with Crippen molar-refractivity contribution in [2.75, 3.05) is 6.61 Å². The molecule has 1 aromatic rings. The fourth-order valence-corrected chi connectivity index (χ4v) is 1.47. The first kappa shape index (κ1) is 10.3. The Hall–Kier alpha value is -1.22. The molecule has 1 saturated carbocycles. The van der Waals surface area contributed by atoms with Gasteiger partial charge in [-0.05, 0) is 5.56 Å². The number of benzene rings is 1. The van der Waals surface area contributed by atoms with E-state index in [1.54, 1.807) is 0 Å². The van der Waals surface area contributed by atoms with Crippen LogP contribution in [0.15, 0.2) is 42.5 Å². The SMILES string of the molecule is C=C1C(COCc2ccccc2)C1(F)F. The maximum Gasteiger partial charge on any atom is 0.278 e. The second kappa shape index (κ2) is 3.74. The lowest BCUT2D eigenvalue weighted by Gasteiger charge is -2.02. The van der Waals surface area contributed by atoms with Crippen LogP contribution >= 0.6 is 0 Å². The molecule has 1 aliphatic carbocycles. The minimum atomic E-state index is -2.70. The summed E-state index contributed by atoms with van der Waals surface area (Å²) in [7, 11) is 0. The highest BCUT2D eigenvalue weighted by Gasteiger charge is 2.61. The zero-order valence-corrected chi connectivity index (χ0v) is 8.25. The van der Waals surface area contributed by atoms with Gasteiger partial charge >= 0.3 is 0 Å². The molecule has 2 rings (SSSR count). The zero-order chi connectivity index (χ0) is 10.9. The molecule has 80 valence electrons. The molecule has 0 aliphatic heterocycles. The van der Waals surface area contributed by atoms with E-state index in [-0.39, 0.29) is 12.2 Å². The molecular weight excluding hydrogens is 198 g/mol. The second-order valence-corrected chi connectivity index (χ2v) is 3.70. The number of alkyl halides is 2. The van der Waals surface area contributed by atoms with E-state index in [1.807, 2.05) is 30.3 Å². The molecule has 0 heterocycles. The van der Waals surface area contributed by atoms with Crippen LogP contribution in [-0.2, 0) is 11.3 Å². The molecule has 1 nitrogen and oxygen atoms in total. The maximum atomic E-state index is 12.7. The van der Waals surface area contributed by atoms with Gasteiger partial charge < -0.3 is 4.74 Å². The Morgan fingerprint density at radius 2 is 1.87 bits per heavy atom. The Morgan fingerprint density at radius 3 is 2.40 bits per heavy atom. The van der Waals surface area contributed by atoms with Crippen molar-refractivity contribution in [3.05, 3.63) is 48.0 Å². The molecule has 0 amide bonds. The summed E-state index contributed by atoms with van der Waals surface area (Å²) >= 11 is 0. The lowest BCUT2D eigenvalue weighted by Crippen LogP contribution is -2.03. The van der Waals surface area contributed by atoms with Crippen molar-refractivity contribution in [2.45, 2.75) is 12.5 Å². The quantitative estimate of drug-likeness (QED) is 0.694. The van der Waals surface area contributed by atoms with Crippen LogP contribution in [0.25, 0.3) is 0 Å². The van der Waals surface area contributed by atoms with Crippen molar-refractivity contribution in [1.29, 1.82) is 0 Å². The van der Waals surface area contributed by atoms with Crippen LogP contribution in [0.3, 0.4) is 0 Å². The van der Waals surface area contributed by atoms with E-state index in [0.717, 1.165) is 5.56 Å². The van der Waals surface area contributed by atoms with Crippen molar-refractivity contribution in [2.24, 2.45) is 5.92 Å². The average molecular weight is 210 g/mol. The molecule has 0 bridgehead atoms. The molecule has 0 radical (unpaired) electrons. The monoisotopic (exact) mass is 210 g/mol. The van der Waals surface area contributed by atoms with Crippen LogP contribution in [0.1, 0.15) is 5.56 Å². The Labute approximate surface area is 87.4 Å². The summed E-state index contributed by atoms with van der Waals surface area (Å²) < 4.78 is 30.7. The summed E-state index contributed by atoms with van der Waals surface area (Å²) in [6.45, 7) is 3.73. The lowest BCUT2D eigenvalue weighted by atomic mass is 10.2. The predicted molar refractivity (Wildman–Crippen MR) is 53.7 cm³/mol. The standard InChI is InChI=1S/C12H12F2O/c1-9-11(12(9,13)14)8-15-7-10-5-3-2-4-6-10/h2-6,11H,1,7-8H2. The Morgan fingerprint density at radius 1 is 1.27 bits per heavy atom. The summed E-state index contributed by atoms with van der Waals surface area (Å²) in [6, 6.07) is 9.49. The van der Waals surface area contributed by atoms with Crippen LogP contribution in [0, 0.1) is 5.92 Å². The first-order valence-corrected chi connectivity index (χ1v) is 4.81. The van der Waals surface area contributed by atoms with Crippen molar-refractivity contribution in [1.82, 2.24) is 0 Å². The summed E-state index contributed by atoms with van der Waals surface area (Å²) in [5.41, 5.74) is 0.989. The van der Waals surface area contributed by atoms with Gasteiger partial charge in [0, 0.05) is 5.57 Å². The molecule has 1 aliphatic rings. The molecule has 1 atom stereocenters. The molecule has 0 saturated heterocycles. The number of rotatable bonds is 4. The van der Waals surface area contributed by atoms with Gasteiger partial charge in [-0.2, -0.15) is 0 Å². The largest absolute Gasteiger partial charge is 0.376 e. The van der Waals surface area contributed by atoms with E-state index in [4.69, 9.17) is 4.74 Å².